The molecule has 0 unspecified atom stereocenters. The Morgan fingerprint density at radius 2 is 1.81 bits per heavy atom. The Bertz CT molecular complexity index is 464. The molecular weight excluding hydrogens is 275 g/mol. The summed E-state index contributed by atoms with van der Waals surface area (Å²) in [6.45, 7) is -0.0364. The summed E-state index contributed by atoms with van der Waals surface area (Å²) in [5.74, 6) is -1.01. The molecule has 1 aliphatic heterocycles. The number of rotatable bonds is 4. The van der Waals surface area contributed by atoms with Crippen LogP contribution in [0.1, 0.15) is 15.9 Å². The van der Waals surface area contributed by atoms with Crippen molar-refractivity contribution in [2.24, 2.45) is 0 Å². The molecule has 1 heterocycles. The Labute approximate surface area is 133 Å². The zero-order valence-electron chi connectivity index (χ0n) is 10.5. The normalized spacial score (nSPS) is 28.7. The quantitative estimate of drug-likeness (QED) is 0.509. The fraction of sp³-hybridized carbons (Fsp3) is 0.462. The standard InChI is InChI=1S/C13H16O7.Li.H/c14-9-6-20-13(11(16)10(9)15)19-5-7-1-3-8(4-2-7)12(17)18;;/h1-4,9-11,13-16H,5-6H2,(H,17,18);;/t9-,10+,11-,13+;;/m1../s1. The first-order chi connectivity index (χ1) is 9.49. The van der Waals surface area contributed by atoms with Gasteiger partial charge in [-0.3, -0.25) is 0 Å². The molecule has 1 aliphatic rings. The van der Waals surface area contributed by atoms with Gasteiger partial charge in [0, 0.05) is 0 Å². The minimum atomic E-state index is -1.34. The third kappa shape index (κ3) is 4.53. The van der Waals surface area contributed by atoms with Crippen molar-refractivity contribution in [3.8, 4) is 0 Å². The Kier molecular flexibility index (Phi) is 6.84. The van der Waals surface area contributed by atoms with E-state index >= 15 is 0 Å². The number of benzene rings is 1. The molecule has 1 fully saturated rings. The molecule has 0 bridgehead atoms. The topological polar surface area (TPSA) is 116 Å². The maximum atomic E-state index is 10.7. The molecule has 4 atom stereocenters. The zero-order valence-corrected chi connectivity index (χ0v) is 10.5. The van der Waals surface area contributed by atoms with Crippen LogP contribution in [0.3, 0.4) is 0 Å². The van der Waals surface area contributed by atoms with Gasteiger partial charge in [0.05, 0.1) is 18.8 Å². The average Bonchev–Trinajstić information content (AvgIpc) is 2.44. The van der Waals surface area contributed by atoms with Gasteiger partial charge in [-0.05, 0) is 17.7 Å². The van der Waals surface area contributed by atoms with E-state index in [1.165, 1.54) is 12.1 Å². The van der Waals surface area contributed by atoms with Crippen LogP contribution in [0.2, 0.25) is 0 Å². The summed E-state index contributed by atoms with van der Waals surface area (Å²) >= 11 is 0. The van der Waals surface area contributed by atoms with Crippen LogP contribution in [0, 0.1) is 0 Å². The van der Waals surface area contributed by atoms with Gasteiger partial charge >= 0.3 is 24.8 Å². The minimum absolute atomic E-state index is 0. The van der Waals surface area contributed by atoms with Crippen LogP contribution in [0.15, 0.2) is 24.3 Å². The summed E-state index contributed by atoms with van der Waals surface area (Å²) in [6.07, 6.45) is -4.83. The van der Waals surface area contributed by atoms with Gasteiger partial charge in [-0.25, -0.2) is 4.79 Å². The maximum absolute atomic E-state index is 10.7. The fourth-order valence-electron chi connectivity index (χ4n) is 1.85. The van der Waals surface area contributed by atoms with Crippen molar-refractivity contribution >= 4 is 24.8 Å². The molecule has 8 heteroatoms. The van der Waals surface area contributed by atoms with E-state index in [4.69, 9.17) is 14.6 Å². The molecule has 1 saturated heterocycles. The predicted octanol–water partition coefficient (Wildman–Crippen LogP) is -1.31. The number of carbonyl (C=O) groups is 1. The van der Waals surface area contributed by atoms with Crippen molar-refractivity contribution in [1.29, 1.82) is 0 Å². The van der Waals surface area contributed by atoms with Crippen molar-refractivity contribution in [2.45, 2.75) is 31.2 Å². The fourth-order valence-corrected chi connectivity index (χ4v) is 1.85. The Hall–Kier alpha value is -0.913. The van der Waals surface area contributed by atoms with Gasteiger partial charge in [0.25, 0.3) is 0 Å². The van der Waals surface area contributed by atoms with Gasteiger partial charge < -0.3 is 29.9 Å². The van der Waals surface area contributed by atoms with Gasteiger partial charge in [0.1, 0.15) is 18.3 Å². The van der Waals surface area contributed by atoms with Crippen molar-refractivity contribution in [3.63, 3.8) is 0 Å². The molecule has 21 heavy (non-hydrogen) atoms. The van der Waals surface area contributed by atoms with Crippen LogP contribution in [0.5, 0.6) is 0 Å². The number of aromatic carboxylic acids is 1. The first-order valence-electron chi connectivity index (χ1n) is 6.08. The number of ether oxygens (including phenoxy) is 2. The zero-order chi connectivity index (χ0) is 14.7. The molecule has 4 N–H and O–H groups in total. The van der Waals surface area contributed by atoms with Gasteiger partial charge in [-0.15, -0.1) is 0 Å². The van der Waals surface area contributed by atoms with Crippen LogP contribution in [0.25, 0.3) is 0 Å². The van der Waals surface area contributed by atoms with Crippen molar-refractivity contribution < 1.29 is 34.7 Å². The summed E-state index contributed by atoms with van der Waals surface area (Å²) in [5.41, 5.74) is 0.868. The van der Waals surface area contributed by atoms with E-state index in [9.17, 15) is 20.1 Å². The molecule has 112 valence electrons. The molecular formula is C13H17LiO7. The number of aliphatic hydroxyl groups excluding tert-OH is 3. The third-order valence-corrected chi connectivity index (χ3v) is 3.07. The van der Waals surface area contributed by atoms with Gasteiger partial charge in [-0.1, -0.05) is 12.1 Å². The summed E-state index contributed by atoms with van der Waals surface area (Å²) in [4.78, 5) is 10.7. The molecule has 0 spiro atoms. The van der Waals surface area contributed by atoms with E-state index < -0.39 is 30.6 Å². The van der Waals surface area contributed by atoms with E-state index in [2.05, 4.69) is 0 Å². The molecule has 7 nitrogen and oxygen atoms in total. The van der Waals surface area contributed by atoms with E-state index in [1.54, 1.807) is 12.1 Å². The number of carboxylic acid groups (broad SMARTS) is 1. The van der Waals surface area contributed by atoms with E-state index in [1.807, 2.05) is 0 Å². The molecule has 2 rings (SSSR count). The van der Waals surface area contributed by atoms with Gasteiger partial charge in [0.15, 0.2) is 6.29 Å². The van der Waals surface area contributed by atoms with Crippen LogP contribution in [-0.2, 0) is 16.1 Å². The average molecular weight is 292 g/mol. The molecule has 0 amide bonds. The summed E-state index contributed by atoms with van der Waals surface area (Å²) in [6, 6.07) is 6.06. The molecule has 0 aromatic heterocycles. The number of hydrogen-bond acceptors (Lipinski definition) is 6. The second-order valence-corrected chi connectivity index (χ2v) is 4.56. The summed E-state index contributed by atoms with van der Waals surface area (Å²) < 4.78 is 10.4. The van der Waals surface area contributed by atoms with Gasteiger partial charge in [0.2, 0.25) is 0 Å². The van der Waals surface area contributed by atoms with Crippen molar-refractivity contribution in [3.05, 3.63) is 35.4 Å². The number of carboxylic acids is 1. The second-order valence-electron chi connectivity index (χ2n) is 4.56. The molecule has 0 saturated carbocycles. The number of aliphatic hydroxyl groups is 3. The van der Waals surface area contributed by atoms with E-state index in [0.717, 1.165) is 0 Å². The number of hydrogen-bond donors (Lipinski definition) is 4. The first kappa shape index (κ1) is 18.1. The molecule has 0 aliphatic carbocycles. The van der Waals surface area contributed by atoms with Crippen molar-refractivity contribution in [1.82, 2.24) is 0 Å². The first-order valence-corrected chi connectivity index (χ1v) is 6.08. The predicted molar refractivity (Wildman–Crippen MR) is 73.1 cm³/mol. The Balaban J connectivity index is 0.00000220. The second kappa shape index (κ2) is 7.92. The monoisotopic (exact) mass is 292 g/mol. The van der Waals surface area contributed by atoms with Crippen LogP contribution >= 0.6 is 0 Å². The summed E-state index contributed by atoms with van der Waals surface area (Å²) in [5, 5.41) is 37.2. The van der Waals surface area contributed by atoms with E-state index in [0.29, 0.717) is 5.56 Å². The summed E-state index contributed by atoms with van der Waals surface area (Å²) in [7, 11) is 0. The molecule has 0 radical (unpaired) electrons. The van der Waals surface area contributed by atoms with Crippen LogP contribution < -0.4 is 0 Å². The Morgan fingerprint density at radius 3 is 2.38 bits per heavy atom. The third-order valence-electron chi connectivity index (χ3n) is 3.07. The van der Waals surface area contributed by atoms with Crippen LogP contribution in [-0.4, -0.2) is 76.5 Å². The SMILES string of the molecule is O=C(O)c1ccc(CO[C@H]2OC[C@@H](O)[C@H](O)[C@H]2O)cc1.[LiH]. The molecule has 1 aromatic rings. The van der Waals surface area contributed by atoms with E-state index in [-0.39, 0.29) is 37.6 Å². The van der Waals surface area contributed by atoms with Gasteiger partial charge in [-0.2, -0.15) is 0 Å². The van der Waals surface area contributed by atoms with Crippen molar-refractivity contribution in [2.75, 3.05) is 6.61 Å². The molecule has 1 aromatic carbocycles. The van der Waals surface area contributed by atoms with Crippen LogP contribution in [0.4, 0.5) is 0 Å². The Morgan fingerprint density at radius 1 is 1.19 bits per heavy atom.